The van der Waals surface area contributed by atoms with E-state index in [-0.39, 0.29) is 12.5 Å². The van der Waals surface area contributed by atoms with Crippen LogP contribution in [0.4, 0.5) is 0 Å². The van der Waals surface area contributed by atoms with Crippen molar-refractivity contribution in [3.8, 4) is 0 Å². The Balaban J connectivity index is 3.47. The third-order valence-electron chi connectivity index (χ3n) is 3.12. The molecule has 0 aliphatic heterocycles. The highest BCUT2D eigenvalue weighted by molar-refractivity contribution is 5.66. The summed E-state index contributed by atoms with van der Waals surface area (Å²) in [6.07, 6.45) is 19.5. The summed E-state index contributed by atoms with van der Waals surface area (Å²) in [5.41, 5.74) is 0. The van der Waals surface area contributed by atoms with Crippen LogP contribution < -0.4 is 0 Å². The minimum Gasteiger partial charge on any atom is -0.481 e. The molecule has 3 heteroatoms. The second-order valence-electron chi connectivity index (χ2n) is 5.22. The van der Waals surface area contributed by atoms with Gasteiger partial charge in [-0.1, -0.05) is 56.2 Å². The van der Waals surface area contributed by atoms with E-state index < -0.39 is 5.97 Å². The number of aliphatic carboxylic acids is 1. The molecule has 0 bridgehead atoms. The summed E-state index contributed by atoms with van der Waals surface area (Å²) in [7, 11) is 0. The predicted octanol–water partition coefficient (Wildman–Crippen LogP) is 4.63. The number of aliphatic hydroxyl groups excluding tert-OH is 1. The zero-order valence-electron chi connectivity index (χ0n) is 13.2. The Bertz CT molecular complexity index is 329. The highest BCUT2D eigenvalue weighted by Crippen LogP contribution is 2.09. The fourth-order valence-corrected chi connectivity index (χ4v) is 1.88. The number of aliphatic hydroxyl groups is 1. The van der Waals surface area contributed by atoms with Gasteiger partial charge in [0.05, 0.1) is 6.10 Å². The molecule has 0 saturated carbocycles. The molecule has 0 aromatic rings. The van der Waals surface area contributed by atoms with Gasteiger partial charge in [-0.25, -0.2) is 0 Å². The monoisotopic (exact) mass is 294 g/mol. The van der Waals surface area contributed by atoms with E-state index in [1.807, 2.05) is 0 Å². The number of carboxylic acids is 1. The fourth-order valence-electron chi connectivity index (χ4n) is 1.88. The van der Waals surface area contributed by atoms with Crippen LogP contribution in [0.3, 0.4) is 0 Å². The molecule has 0 radical (unpaired) electrons. The van der Waals surface area contributed by atoms with Crippen molar-refractivity contribution >= 4 is 5.97 Å². The highest BCUT2D eigenvalue weighted by atomic mass is 16.4. The van der Waals surface area contributed by atoms with E-state index in [2.05, 4.69) is 43.4 Å². The lowest BCUT2D eigenvalue weighted by molar-refractivity contribution is -0.137. The van der Waals surface area contributed by atoms with E-state index in [1.165, 1.54) is 6.42 Å². The lowest BCUT2D eigenvalue weighted by Gasteiger charge is -2.07. The van der Waals surface area contributed by atoms with Crippen LogP contribution in [0.5, 0.6) is 0 Å². The number of rotatable bonds is 13. The maximum Gasteiger partial charge on any atom is 0.303 e. The lowest BCUT2D eigenvalue weighted by atomic mass is 10.1. The summed E-state index contributed by atoms with van der Waals surface area (Å²) in [4.78, 5) is 10.3. The average Bonchev–Trinajstić information content (AvgIpc) is 2.45. The van der Waals surface area contributed by atoms with Crippen LogP contribution >= 0.6 is 0 Å². The van der Waals surface area contributed by atoms with E-state index >= 15 is 0 Å². The van der Waals surface area contributed by atoms with Crippen LogP contribution in [0.1, 0.15) is 64.7 Å². The Labute approximate surface area is 129 Å². The van der Waals surface area contributed by atoms with Gasteiger partial charge in [-0.05, 0) is 38.5 Å². The zero-order valence-corrected chi connectivity index (χ0v) is 13.2. The molecule has 0 heterocycles. The van der Waals surface area contributed by atoms with Crippen molar-refractivity contribution in [3.05, 3.63) is 36.5 Å². The Kier molecular flexibility index (Phi) is 14.1. The summed E-state index contributed by atoms with van der Waals surface area (Å²) in [6.45, 7) is 2.16. The topological polar surface area (TPSA) is 57.5 Å². The normalized spacial score (nSPS) is 13.6. The standard InChI is InChI=1S/C18H30O3/c1-2-3-4-5-6-7-8-9-10-11-14-17(19)15-12-13-16-18(20)21/h4-7,9-10,17,19H,2-3,8,11-16H2,1H3,(H,20,21). The lowest BCUT2D eigenvalue weighted by Crippen LogP contribution is -2.06. The van der Waals surface area contributed by atoms with Gasteiger partial charge >= 0.3 is 5.97 Å². The number of hydrogen-bond donors (Lipinski definition) is 2. The quantitative estimate of drug-likeness (QED) is 0.296. The number of carboxylic acid groups (broad SMARTS) is 1. The summed E-state index contributed by atoms with van der Waals surface area (Å²) in [5.74, 6) is -0.759. The molecule has 0 aromatic heterocycles. The number of hydrogen-bond acceptors (Lipinski definition) is 2. The summed E-state index contributed by atoms with van der Waals surface area (Å²) in [6, 6.07) is 0. The maximum atomic E-state index is 10.3. The van der Waals surface area contributed by atoms with Gasteiger partial charge in [0.15, 0.2) is 0 Å². The molecule has 0 rings (SSSR count). The van der Waals surface area contributed by atoms with Crippen molar-refractivity contribution < 1.29 is 15.0 Å². The first kappa shape index (κ1) is 19.7. The molecule has 0 aliphatic rings. The number of allylic oxidation sites excluding steroid dienone is 6. The molecular formula is C18H30O3. The molecule has 1 unspecified atom stereocenters. The molecule has 0 aromatic carbocycles. The van der Waals surface area contributed by atoms with Gasteiger partial charge < -0.3 is 10.2 Å². The van der Waals surface area contributed by atoms with Gasteiger partial charge in [0.2, 0.25) is 0 Å². The zero-order chi connectivity index (χ0) is 15.8. The Morgan fingerprint density at radius 1 is 1.00 bits per heavy atom. The Hall–Kier alpha value is -1.35. The molecule has 0 spiro atoms. The Morgan fingerprint density at radius 2 is 1.76 bits per heavy atom. The number of carbonyl (C=O) groups is 1. The molecule has 3 nitrogen and oxygen atoms in total. The first-order valence-electron chi connectivity index (χ1n) is 8.03. The predicted molar refractivity (Wildman–Crippen MR) is 88.3 cm³/mol. The molecule has 1 atom stereocenters. The molecule has 0 aliphatic carbocycles. The summed E-state index contributed by atoms with van der Waals surface area (Å²) < 4.78 is 0. The molecule has 21 heavy (non-hydrogen) atoms. The third-order valence-corrected chi connectivity index (χ3v) is 3.12. The van der Waals surface area contributed by atoms with E-state index in [0.717, 1.165) is 32.1 Å². The summed E-state index contributed by atoms with van der Waals surface area (Å²) >= 11 is 0. The van der Waals surface area contributed by atoms with Crippen molar-refractivity contribution in [1.82, 2.24) is 0 Å². The van der Waals surface area contributed by atoms with Gasteiger partial charge in [-0.2, -0.15) is 0 Å². The van der Waals surface area contributed by atoms with Gasteiger partial charge in [0.1, 0.15) is 0 Å². The molecule has 2 N–H and O–H groups in total. The van der Waals surface area contributed by atoms with Gasteiger partial charge in [0, 0.05) is 6.42 Å². The highest BCUT2D eigenvalue weighted by Gasteiger charge is 2.03. The van der Waals surface area contributed by atoms with Crippen molar-refractivity contribution in [3.63, 3.8) is 0 Å². The Morgan fingerprint density at radius 3 is 2.48 bits per heavy atom. The van der Waals surface area contributed by atoms with E-state index in [4.69, 9.17) is 5.11 Å². The van der Waals surface area contributed by atoms with Crippen LogP contribution in [0.25, 0.3) is 0 Å². The fraction of sp³-hybridized carbons (Fsp3) is 0.611. The van der Waals surface area contributed by atoms with Crippen LogP contribution in [0, 0.1) is 0 Å². The van der Waals surface area contributed by atoms with E-state index in [1.54, 1.807) is 0 Å². The largest absolute Gasteiger partial charge is 0.481 e. The van der Waals surface area contributed by atoms with Crippen LogP contribution in [0.15, 0.2) is 36.5 Å². The van der Waals surface area contributed by atoms with Gasteiger partial charge in [-0.15, -0.1) is 0 Å². The van der Waals surface area contributed by atoms with Crippen LogP contribution in [0.2, 0.25) is 0 Å². The molecule has 120 valence electrons. The smallest absolute Gasteiger partial charge is 0.303 e. The van der Waals surface area contributed by atoms with Crippen molar-refractivity contribution in [2.75, 3.05) is 0 Å². The number of unbranched alkanes of at least 4 members (excludes halogenated alkanes) is 2. The van der Waals surface area contributed by atoms with Crippen molar-refractivity contribution in [2.45, 2.75) is 70.8 Å². The first-order valence-corrected chi connectivity index (χ1v) is 8.03. The minimum atomic E-state index is -0.759. The minimum absolute atomic E-state index is 0.200. The molecule has 0 saturated heterocycles. The van der Waals surface area contributed by atoms with Crippen LogP contribution in [-0.2, 0) is 4.79 Å². The first-order chi connectivity index (χ1) is 10.2. The SMILES string of the molecule is CCCC=CC=CCC=CCCC(O)CCCCC(=O)O. The van der Waals surface area contributed by atoms with Crippen LogP contribution in [-0.4, -0.2) is 22.3 Å². The van der Waals surface area contributed by atoms with Crippen molar-refractivity contribution in [2.24, 2.45) is 0 Å². The molecular weight excluding hydrogens is 264 g/mol. The van der Waals surface area contributed by atoms with Crippen molar-refractivity contribution in [1.29, 1.82) is 0 Å². The average molecular weight is 294 g/mol. The van der Waals surface area contributed by atoms with E-state index in [9.17, 15) is 9.90 Å². The molecule has 0 fully saturated rings. The molecule has 0 amide bonds. The second-order valence-corrected chi connectivity index (χ2v) is 5.22. The van der Waals surface area contributed by atoms with Gasteiger partial charge in [0.25, 0.3) is 0 Å². The summed E-state index contributed by atoms with van der Waals surface area (Å²) in [5, 5.41) is 18.2. The maximum absolute atomic E-state index is 10.3. The van der Waals surface area contributed by atoms with E-state index in [0.29, 0.717) is 12.8 Å². The second kappa shape index (κ2) is 15.0. The van der Waals surface area contributed by atoms with Gasteiger partial charge in [-0.3, -0.25) is 4.79 Å². The third kappa shape index (κ3) is 16.6.